The summed E-state index contributed by atoms with van der Waals surface area (Å²) in [6.45, 7) is 11.2. The van der Waals surface area contributed by atoms with Crippen LogP contribution in [0.15, 0.2) is 12.1 Å². The molecule has 160 valence electrons. The van der Waals surface area contributed by atoms with Crippen molar-refractivity contribution in [2.75, 3.05) is 32.6 Å². The average molecular weight is 401 g/mol. The van der Waals surface area contributed by atoms with Gasteiger partial charge in [-0.05, 0) is 38.7 Å². The normalized spacial score (nSPS) is 16.9. The molecule has 3 rings (SSSR count). The SMILES string of the molecule is CCC(C)Cc1nc(NC2CCN(C(C)C)CC2)c2cc(OC)c(OC)cc2n1. The first-order valence-electron chi connectivity index (χ1n) is 10.9. The molecule has 2 aromatic rings. The molecule has 0 saturated carbocycles. The van der Waals surface area contributed by atoms with Crippen LogP contribution in [0.2, 0.25) is 0 Å². The van der Waals surface area contributed by atoms with Crippen LogP contribution < -0.4 is 14.8 Å². The summed E-state index contributed by atoms with van der Waals surface area (Å²) in [5.41, 5.74) is 0.901. The van der Waals surface area contributed by atoms with Crippen molar-refractivity contribution in [1.82, 2.24) is 14.9 Å². The zero-order chi connectivity index (χ0) is 21.0. The summed E-state index contributed by atoms with van der Waals surface area (Å²) in [5.74, 6) is 3.76. The van der Waals surface area contributed by atoms with Gasteiger partial charge in [0.05, 0.1) is 19.7 Å². The first-order valence-corrected chi connectivity index (χ1v) is 10.9. The van der Waals surface area contributed by atoms with Crippen LogP contribution in [0.3, 0.4) is 0 Å². The minimum Gasteiger partial charge on any atom is -0.493 e. The van der Waals surface area contributed by atoms with Gasteiger partial charge in [0, 0.05) is 43.0 Å². The van der Waals surface area contributed by atoms with Gasteiger partial charge in [-0.2, -0.15) is 0 Å². The number of aromatic nitrogens is 2. The van der Waals surface area contributed by atoms with Crippen LogP contribution in [0.1, 0.15) is 52.8 Å². The number of likely N-dealkylation sites (tertiary alicyclic amines) is 1. The molecule has 0 aliphatic carbocycles. The van der Waals surface area contributed by atoms with Crippen molar-refractivity contribution < 1.29 is 9.47 Å². The number of methoxy groups -OCH3 is 2. The van der Waals surface area contributed by atoms with Crippen molar-refractivity contribution in [1.29, 1.82) is 0 Å². The van der Waals surface area contributed by atoms with Crippen LogP contribution in [0.4, 0.5) is 5.82 Å². The highest BCUT2D eigenvalue weighted by molar-refractivity contribution is 5.92. The van der Waals surface area contributed by atoms with E-state index in [1.54, 1.807) is 14.2 Å². The van der Waals surface area contributed by atoms with E-state index in [-0.39, 0.29) is 0 Å². The zero-order valence-corrected chi connectivity index (χ0v) is 18.8. The van der Waals surface area contributed by atoms with Gasteiger partial charge in [0.2, 0.25) is 0 Å². The number of fused-ring (bicyclic) bond motifs is 1. The van der Waals surface area contributed by atoms with Crippen molar-refractivity contribution >= 4 is 16.7 Å². The Kier molecular flexibility index (Phi) is 7.17. The number of nitrogens with zero attached hydrogens (tertiary/aromatic N) is 3. The van der Waals surface area contributed by atoms with Crippen LogP contribution in [0, 0.1) is 5.92 Å². The average Bonchev–Trinajstić information content (AvgIpc) is 2.73. The second-order valence-corrected chi connectivity index (χ2v) is 8.48. The number of benzene rings is 1. The summed E-state index contributed by atoms with van der Waals surface area (Å²) < 4.78 is 11.0. The maximum absolute atomic E-state index is 5.53. The highest BCUT2D eigenvalue weighted by atomic mass is 16.5. The minimum atomic E-state index is 0.424. The number of hydrogen-bond acceptors (Lipinski definition) is 6. The molecule has 6 nitrogen and oxygen atoms in total. The quantitative estimate of drug-likeness (QED) is 0.703. The van der Waals surface area contributed by atoms with Crippen LogP contribution in [0.5, 0.6) is 11.5 Å². The molecule has 2 heterocycles. The number of piperidine rings is 1. The lowest BCUT2D eigenvalue weighted by Crippen LogP contribution is -2.42. The molecule has 1 unspecified atom stereocenters. The molecule has 1 fully saturated rings. The van der Waals surface area contributed by atoms with Gasteiger partial charge in [-0.25, -0.2) is 9.97 Å². The summed E-state index contributed by atoms with van der Waals surface area (Å²) in [7, 11) is 3.32. The van der Waals surface area contributed by atoms with Crippen molar-refractivity contribution in [2.45, 2.75) is 65.5 Å². The molecule has 1 aliphatic heterocycles. The van der Waals surface area contributed by atoms with E-state index in [0.717, 1.165) is 61.3 Å². The third-order valence-electron chi connectivity index (χ3n) is 6.08. The fourth-order valence-corrected chi connectivity index (χ4v) is 3.91. The molecule has 0 radical (unpaired) electrons. The highest BCUT2D eigenvalue weighted by Crippen LogP contribution is 2.35. The Morgan fingerprint density at radius 1 is 1.07 bits per heavy atom. The molecule has 1 saturated heterocycles. The van der Waals surface area contributed by atoms with Crippen molar-refractivity contribution in [3.05, 3.63) is 18.0 Å². The van der Waals surface area contributed by atoms with E-state index in [2.05, 4.69) is 37.9 Å². The third-order valence-corrected chi connectivity index (χ3v) is 6.08. The lowest BCUT2D eigenvalue weighted by atomic mass is 10.0. The van der Waals surface area contributed by atoms with E-state index in [1.165, 1.54) is 0 Å². The summed E-state index contributed by atoms with van der Waals surface area (Å²) in [6.07, 6.45) is 4.24. The van der Waals surface area contributed by atoms with Gasteiger partial charge in [0.25, 0.3) is 0 Å². The minimum absolute atomic E-state index is 0.424. The Bertz CT molecular complexity index is 816. The molecule has 1 atom stereocenters. The first-order chi connectivity index (χ1) is 13.9. The maximum atomic E-state index is 5.53. The van der Waals surface area contributed by atoms with Gasteiger partial charge in [-0.15, -0.1) is 0 Å². The van der Waals surface area contributed by atoms with Crippen molar-refractivity contribution in [2.24, 2.45) is 5.92 Å². The topological polar surface area (TPSA) is 59.5 Å². The Morgan fingerprint density at radius 2 is 1.72 bits per heavy atom. The molecule has 1 aromatic carbocycles. The third kappa shape index (κ3) is 5.10. The van der Waals surface area contributed by atoms with E-state index in [1.807, 2.05) is 12.1 Å². The van der Waals surface area contributed by atoms with Crippen LogP contribution in [-0.2, 0) is 6.42 Å². The second kappa shape index (κ2) is 9.61. The summed E-state index contributed by atoms with van der Waals surface area (Å²) >= 11 is 0. The molecule has 29 heavy (non-hydrogen) atoms. The van der Waals surface area contributed by atoms with E-state index < -0.39 is 0 Å². The highest BCUT2D eigenvalue weighted by Gasteiger charge is 2.22. The fourth-order valence-electron chi connectivity index (χ4n) is 3.91. The van der Waals surface area contributed by atoms with Gasteiger partial charge < -0.3 is 19.7 Å². The maximum Gasteiger partial charge on any atom is 0.162 e. The Labute approximate surface area is 175 Å². The Balaban J connectivity index is 1.94. The van der Waals surface area contributed by atoms with Crippen molar-refractivity contribution in [3.63, 3.8) is 0 Å². The Hall–Kier alpha value is -2.08. The van der Waals surface area contributed by atoms with Gasteiger partial charge in [-0.3, -0.25) is 0 Å². The molecule has 6 heteroatoms. The van der Waals surface area contributed by atoms with Crippen molar-refractivity contribution in [3.8, 4) is 11.5 Å². The molecule has 0 spiro atoms. The van der Waals surface area contributed by atoms with Gasteiger partial charge in [0.1, 0.15) is 11.6 Å². The monoisotopic (exact) mass is 400 g/mol. The fraction of sp³-hybridized carbons (Fsp3) is 0.652. The predicted molar refractivity (Wildman–Crippen MR) is 119 cm³/mol. The molecular weight excluding hydrogens is 364 g/mol. The zero-order valence-electron chi connectivity index (χ0n) is 18.8. The molecule has 0 bridgehead atoms. The lowest BCUT2D eigenvalue weighted by Gasteiger charge is -2.35. The van der Waals surface area contributed by atoms with E-state index in [0.29, 0.717) is 29.5 Å². The largest absolute Gasteiger partial charge is 0.493 e. The number of rotatable bonds is 8. The number of nitrogens with one attached hydrogen (secondary N) is 1. The van der Waals surface area contributed by atoms with Crippen LogP contribution >= 0.6 is 0 Å². The summed E-state index contributed by atoms with van der Waals surface area (Å²) in [5, 5.41) is 4.72. The van der Waals surface area contributed by atoms with E-state index in [9.17, 15) is 0 Å². The predicted octanol–water partition coefficient (Wildman–Crippen LogP) is 4.52. The number of ether oxygens (including phenoxy) is 2. The first kappa shape index (κ1) is 21.6. The lowest BCUT2D eigenvalue weighted by molar-refractivity contribution is 0.177. The molecule has 1 aromatic heterocycles. The number of hydrogen-bond donors (Lipinski definition) is 1. The Morgan fingerprint density at radius 3 is 2.31 bits per heavy atom. The molecule has 0 amide bonds. The summed E-state index contributed by atoms with van der Waals surface area (Å²) in [6, 6.07) is 4.98. The standard InChI is InChI=1S/C23H36N4O2/c1-7-16(4)12-22-25-19-14-21(29-6)20(28-5)13-18(19)23(26-22)24-17-8-10-27(11-9-17)15(2)3/h13-17H,7-12H2,1-6H3,(H,24,25,26). The smallest absolute Gasteiger partial charge is 0.162 e. The molecule has 1 N–H and O–H groups in total. The second-order valence-electron chi connectivity index (χ2n) is 8.48. The molecular formula is C23H36N4O2. The van der Waals surface area contributed by atoms with E-state index in [4.69, 9.17) is 19.4 Å². The van der Waals surface area contributed by atoms with Crippen LogP contribution in [-0.4, -0.2) is 54.3 Å². The van der Waals surface area contributed by atoms with Gasteiger partial charge >= 0.3 is 0 Å². The van der Waals surface area contributed by atoms with Crippen LogP contribution in [0.25, 0.3) is 10.9 Å². The van der Waals surface area contributed by atoms with Gasteiger partial charge in [-0.1, -0.05) is 20.3 Å². The summed E-state index contributed by atoms with van der Waals surface area (Å²) in [4.78, 5) is 12.3. The van der Waals surface area contributed by atoms with E-state index >= 15 is 0 Å². The van der Waals surface area contributed by atoms with Gasteiger partial charge in [0.15, 0.2) is 11.5 Å². The molecule has 1 aliphatic rings. The number of anilines is 1.